The average Bonchev–Trinajstić information content (AvgIpc) is 2.74. The number of benzene rings is 1. The third-order valence-electron chi connectivity index (χ3n) is 4.77. The standard InChI is InChI=1S/C21H25N5O3/c1-3-25-11-13-26(14-12-25)21(29)19-6-4-5-18(24-19)20(28)23-17-9-7-16(8-10-17)22-15(2)27/h4-10H,3,11-14H2,1-2H3,(H,22,27)(H,23,28). The van der Waals surface area contributed by atoms with E-state index in [1.807, 2.05) is 0 Å². The summed E-state index contributed by atoms with van der Waals surface area (Å²) in [6.45, 7) is 7.51. The number of carbonyl (C=O) groups excluding carboxylic acids is 3. The van der Waals surface area contributed by atoms with Crippen molar-refractivity contribution in [1.29, 1.82) is 0 Å². The summed E-state index contributed by atoms with van der Waals surface area (Å²) in [6, 6.07) is 11.6. The molecule has 8 nitrogen and oxygen atoms in total. The van der Waals surface area contributed by atoms with E-state index in [1.54, 1.807) is 47.4 Å². The van der Waals surface area contributed by atoms with Gasteiger partial charge in [-0.2, -0.15) is 0 Å². The van der Waals surface area contributed by atoms with Gasteiger partial charge >= 0.3 is 0 Å². The van der Waals surface area contributed by atoms with Crippen molar-refractivity contribution in [1.82, 2.24) is 14.8 Å². The molecule has 0 bridgehead atoms. The number of rotatable bonds is 5. The van der Waals surface area contributed by atoms with Crippen molar-refractivity contribution in [2.45, 2.75) is 13.8 Å². The molecule has 2 heterocycles. The smallest absolute Gasteiger partial charge is 0.274 e. The fourth-order valence-corrected chi connectivity index (χ4v) is 3.14. The maximum absolute atomic E-state index is 12.7. The Morgan fingerprint density at radius 3 is 2.07 bits per heavy atom. The van der Waals surface area contributed by atoms with Crippen LogP contribution in [0.15, 0.2) is 42.5 Å². The Hall–Kier alpha value is -3.26. The van der Waals surface area contributed by atoms with Crippen molar-refractivity contribution in [2.75, 3.05) is 43.4 Å². The maximum atomic E-state index is 12.7. The molecule has 0 unspecified atom stereocenters. The zero-order chi connectivity index (χ0) is 20.8. The summed E-state index contributed by atoms with van der Waals surface area (Å²) in [7, 11) is 0. The zero-order valence-corrected chi connectivity index (χ0v) is 16.6. The van der Waals surface area contributed by atoms with E-state index in [0.29, 0.717) is 24.5 Å². The predicted octanol–water partition coefficient (Wildman–Crippen LogP) is 2.07. The number of carbonyl (C=O) groups is 3. The van der Waals surface area contributed by atoms with Crippen molar-refractivity contribution in [2.24, 2.45) is 0 Å². The highest BCUT2D eigenvalue weighted by atomic mass is 16.2. The number of likely N-dealkylation sites (N-methyl/N-ethyl adjacent to an activating group) is 1. The fraction of sp³-hybridized carbons (Fsp3) is 0.333. The summed E-state index contributed by atoms with van der Waals surface area (Å²) in [6.07, 6.45) is 0. The van der Waals surface area contributed by atoms with E-state index in [-0.39, 0.29) is 23.2 Å². The van der Waals surface area contributed by atoms with Crippen molar-refractivity contribution in [3.8, 4) is 0 Å². The van der Waals surface area contributed by atoms with Crippen LogP contribution in [-0.4, -0.2) is 65.2 Å². The van der Waals surface area contributed by atoms with E-state index in [4.69, 9.17) is 0 Å². The first-order valence-electron chi connectivity index (χ1n) is 9.64. The molecule has 0 spiro atoms. The van der Waals surface area contributed by atoms with Gasteiger partial charge in [-0.3, -0.25) is 14.4 Å². The molecule has 1 fully saturated rings. The van der Waals surface area contributed by atoms with Gasteiger partial charge in [0.05, 0.1) is 0 Å². The zero-order valence-electron chi connectivity index (χ0n) is 16.6. The fourth-order valence-electron chi connectivity index (χ4n) is 3.14. The molecule has 29 heavy (non-hydrogen) atoms. The number of nitrogens with one attached hydrogen (secondary N) is 2. The normalized spacial score (nSPS) is 14.3. The van der Waals surface area contributed by atoms with Gasteiger partial charge < -0.3 is 20.4 Å². The Bertz CT molecular complexity index is 889. The molecule has 3 amide bonds. The van der Waals surface area contributed by atoms with E-state index < -0.39 is 5.91 Å². The minimum atomic E-state index is -0.400. The average molecular weight is 395 g/mol. The first-order valence-corrected chi connectivity index (χ1v) is 9.64. The topological polar surface area (TPSA) is 94.6 Å². The second-order valence-electron chi connectivity index (χ2n) is 6.85. The van der Waals surface area contributed by atoms with Gasteiger partial charge in [-0.25, -0.2) is 4.98 Å². The minimum Gasteiger partial charge on any atom is -0.335 e. The Labute approximate surface area is 169 Å². The molecule has 0 saturated carbocycles. The van der Waals surface area contributed by atoms with E-state index in [0.717, 1.165) is 19.6 Å². The molecule has 8 heteroatoms. The van der Waals surface area contributed by atoms with Crippen LogP contribution >= 0.6 is 0 Å². The number of amides is 3. The summed E-state index contributed by atoms with van der Waals surface area (Å²) in [5.41, 5.74) is 1.65. The SMILES string of the molecule is CCN1CCN(C(=O)c2cccc(C(=O)Nc3ccc(NC(C)=O)cc3)n2)CC1. The third-order valence-corrected chi connectivity index (χ3v) is 4.77. The number of nitrogens with zero attached hydrogens (tertiary/aromatic N) is 3. The molecular weight excluding hydrogens is 370 g/mol. The molecule has 3 rings (SSSR count). The summed E-state index contributed by atoms with van der Waals surface area (Å²) in [4.78, 5) is 44.7. The summed E-state index contributed by atoms with van der Waals surface area (Å²) >= 11 is 0. The highest BCUT2D eigenvalue weighted by Gasteiger charge is 2.23. The molecule has 1 aliphatic heterocycles. The summed E-state index contributed by atoms with van der Waals surface area (Å²) in [5, 5.41) is 5.42. The quantitative estimate of drug-likeness (QED) is 0.808. The van der Waals surface area contributed by atoms with Gasteiger partial charge in [-0.1, -0.05) is 13.0 Å². The predicted molar refractivity (Wildman–Crippen MR) is 111 cm³/mol. The first kappa shape index (κ1) is 20.5. The molecule has 152 valence electrons. The largest absolute Gasteiger partial charge is 0.335 e. The second kappa shape index (κ2) is 9.29. The van der Waals surface area contributed by atoms with Crippen LogP contribution in [0.1, 0.15) is 34.8 Å². The lowest BCUT2D eigenvalue weighted by atomic mass is 10.2. The van der Waals surface area contributed by atoms with Gasteiger partial charge in [-0.15, -0.1) is 0 Å². The van der Waals surface area contributed by atoms with Gasteiger partial charge in [-0.05, 0) is 42.9 Å². The van der Waals surface area contributed by atoms with Crippen LogP contribution in [0.3, 0.4) is 0 Å². The highest BCUT2D eigenvalue weighted by Crippen LogP contribution is 2.15. The highest BCUT2D eigenvalue weighted by molar-refractivity contribution is 6.04. The van der Waals surface area contributed by atoms with E-state index in [9.17, 15) is 14.4 Å². The molecule has 1 aromatic heterocycles. The summed E-state index contributed by atoms with van der Waals surface area (Å²) < 4.78 is 0. The van der Waals surface area contributed by atoms with Crippen LogP contribution in [0.4, 0.5) is 11.4 Å². The van der Waals surface area contributed by atoms with E-state index in [2.05, 4.69) is 27.4 Å². The number of piperazine rings is 1. The lowest BCUT2D eigenvalue weighted by Crippen LogP contribution is -2.48. The molecule has 0 atom stereocenters. The van der Waals surface area contributed by atoms with Crippen LogP contribution in [0, 0.1) is 0 Å². The van der Waals surface area contributed by atoms with Crippen molar-refractivity contribution < 1.29 is 14.4 Å². The number of pyridine rings is 1. The molecule has 0 aliphatic carbocycles. The van der Waals surface area contributed by atoms with E-state index in [1.165, 1.54) is 6.92 Å². The van der Waals surface area contributed by atoms with Crippen molar-refractivity contribution in [3.63, 3.8) is 0 Å². The van der Waals surface area contributed by atoms with Crippen molar-refractivity contribution >= 4 is 29.1 Å². The number of anilines is 2. The Morgan fingerprint density at radius 2 is 1.48 bits per heavy atom. The molecule has 1 aliphatic rings. The lowest BCUT2D eigenvalue weighted by Gasteiger charge is -2.33. The van der Waals surface area contributed by atoms with Gasteiger partial charge in [0.15, 0.2) is 0 Å². The molecule has 2 aromatic rings. The van der Waals surface area contributed by atoms with E-state index >= 15 is 0 Å². The number of hydrogen-bond donors (Lipinski definition) is 2. The van der Waals surface area contributed by atoms with Gasteiger partial charge in [0.25, 0.3) is 11.8 Å². The first-order chi connectivity index (χ1) is 14.0. The van der Waals surface area contributed by atoms with Gasteiger partial charge in [0.2, 0.25) is 5.91 Å². The van der Waals surface area contributed by atoms with Crippen LogP contribution in [0.5, 0.6) is 0 Å². The lowest BCUT2D eigenvalue weighted by molar-refractivity contribution is -0.114. The van der Waals surface area contributed by atoms with Gasteiger partial charge in [0, 0.05) is 44.5 Å². The van der Waals surface area contributed by atoms with Crippen molar-refractivity contribution in [3.05, 3.63) is 53.9 Å². The second-order valence-corrected chi connectivity index (χ2v) is 6.85. The molecule has 2 N–H and O–H groups in total. The molecule has 1 saturated heterocycles. The minimum absolute atomic E-state index is 0.157. The monoisotopic (exact) mass is 395 g/mol. The number of hydrogen-bond acceptors (Lipinski definition) is 5. The van der Waals surface area contributed by atoms with Crippen LogP contribution < -0.4 is 10.6 Å². The van der Waals surface area contributed by atoms with Gasteiger partial charge in [0.1, 0.15) is 11.4 Å². The molecular formula is C21H25N5O3. The van der Waals surface area contributed by atoms with Crippen LogP contribution in [0.25, 0.3) is 0 Å². The Balaban J connectivity index is 1.64. The Morgan fingerprint density at radius 1 is 0.897 bits per heavy atom. The summed E-state index contributed by atoms with van der Waals surface area (Å²) in [5.74, 6) is -0.721. The molecule has 1 aromatic carbocycles. The third kappa shape index (κ3) is 5.39. The van der Waals surface area contributed by atoms with Crippen LogP contribution in [0.2, 0.25) is 0 Å². The van der Waals surface area contributed by atoms with Crippen LogP contribution in [-0.2, 0) is 4.79 Å². The number of aromatic nitrogens is 1. The molecule has 0 radical (unpaired) electrons. The maximum Gasteiger partial charge on any atom is 0.274 e. The Kier molecular flexibility index (Phi) is 6.56.